The number of nitrogens with two attached hydrogens (primary N) is 1. The van der Waals surface area contributed by atoms with Crippen molar-refractivity contribution in [3.63, 3.8) is 0 Å². The third-order valence-electron chi connectivity index (χ3n) is 2.70. The maximum Gasteiger partial charge on any atom is 0.118 e. The molecule has 2 aromatic carbocycles. The van der Waals surface area contributed by atoms with Crippen molar-refractivity contribution in [2.24, 2.45) is 5.73 Å². The Bertz CT molecular complexity index is 479. The smallest absolute Gasteiger partial charge is 0.118 e. The number of hydrogen-bond donors (Lipinski definition) is 1. The fourth-order valence-electron chi connectivity index (χ4n) is 1.67. The van der Waals surface area contributed by atoms with Crippen LogP contribution in [0, 0.1) is 0 Å². The molecule has 3 heteroatoms. The fraction of sp³-hybridized carbons (Fsp3) is 0.143. The zero-order valence-corrected chi connectivity index (χ0v) is 11.1. The van der Waals surface area contributed by atoms with Gasteiger partial charge in [-0.25, -0.2) is 0 Å². The third-order valence-corrected chi connectivity index (χ3v) is 3.23. The van der Waals surface area contributed by atoms with Crippen molar-refractivity contribution in [1.29, 1.82) is 0 Å². The minimum Gasteiger partial charge on any atom is -0.497 e. The maximum atomic E-state index is 6.20. The molecule has 0 aliphatic heterocycles. The minimum absolute atomic E-state index is 0.103. The van der Waals surface area contributed by atoms with Crippen molar-refractivity contribution >= 4 is 15.9 Å². The van der Waals surface area contributed by atoms with E-state index in [2.05, 4.69) is 15.9 Å². The van der Waals surface area contributed by atoms with Crippen molar-refractivity contribution in [1.82, 2.24) is 0 Å². The van der Waals surface area contributed by atoms with E-state index < -0.39 is 0 Å². The Morgan fingerprint density at radius 3 is 1.88 bits per heavy atom. The predicted molar refractivity (Wildman–Crippen MR) is 73.2 cm³/mol. The molecule has 1 atom stereocenters. The molecule has 2 aromatic rings. The van der Waals surface area contributed by atoms with Crippen LogP contribution in [-0.4, -0.2) is 7.11 Å². The van der Waals surface area contributed by atoms with Gasteiger partial charge >= 0.3 is 0 Å². The summed E-state index contributed by atoms with van der Waals surface area (Å²) in [5.74, 6) is 0.844. The average Bonchev–Trinajstić information content (AvgIpc) is 2.39. The molecule has 0 spiro atoms. The van der Waals surface area contributed by atoms with Gasteiger partial charge < -0.3 is 10.5 Å². The summed E-state index contributed by atoms with van der Waals surface area (Å²) in [5.41, 5.74) is 8.37. The second-order valence-corrected chi connectivity index (χ2v) is 4.72. The zero-order chi connectivity index (χ0) is 12.3. The SMILES string of the molecule is COc1ccc(C(N)c2ccc(Br)cc2)cc1. The van der Waals surface area contributed by atoms with Crippen LogP contribution in [0.4, 0.5) is 0 Å². The van der Waals surface area contributed by atoms with E-state index in [1.165, 1.54) is 0 Å². The maximum absolute atomic E-state index is 6.20. The van der Waals surface area contributed by atoms with Gasteiger partial charge in [0.05, 0.1) is 13.2 Å². The van der Waals surface area contributed by atoms with Crippen molar-refractivity contribution < 1.29 is 4.74 Å². The predicted octanol–water partition coefficient (Wildman–Crippen LogP) is 3.51. The highest BCUT2D eigenvalue weighted by Gasteiger charge is 2.08. The molecule has 0 fully saturated rings. The van der Waals surface area contributed by atoms with Gasteiger partial charge in [-0.1, -0.05) is 40.2 Å². The number of ether oxygens (including phenoxy) is 1. The lowest BCUT2D eigenvalue weighted by molar-refractivity contribution is 0.414. The van der Waals surface area contributed by atoms with Crippen LogP contribution in [0.2, 0.25) is 0 Å². The normalized spacial score (nSPS) is 12.2. The summed E-state index contributed by atoms with van der Waals surface area (Å²) < 4.78 is 6.18. The summed E-state index contributed by atoms with van der Waals surface area (Å²) >= 11 is 3.41. The Hall–Kier alpha value is -1.32. The van der Waals surface area contributed by atoms with Gasteiger partial charge in [-0.2, -0.15) is 0 Å². The Morgan fingerprint density at radius 2 is 1.41 bits per heavy atom. The van der Waals surface area contributed by atoms with Crippen LogP contribution in [0.1, 0.15) is 17.2 Å². The quantitative estimate of drug-likeness (QED) is 0.939. The zero-order valence-electron chi connectivity index (χ0n) is 9.56. The van der Waals surface area contributed by atoms with Crippen LogP contribution in [-0.2, 0) is 0 Å². The fourth-order valence-corrected chi connectivity index (χ4v) is 1.94. The third kappa shape index (κ3) is 2.87. The first kappa shape index (κ1) is 12.1. The number of methoxy groups -OCH3 is 1. The van der Waals surface area contributed by atoms with Crippen molar-refractivity contribution in [2.75, 3.05) is 7.11 Å². The van der Waals surface area contributed by atoms with Gasteiger partial charge in [0.15, 0.2) is 0 Å². The van der Waals surface area contributed by atoms with Crippen molar-refractivity contribution in [3.8, 4) is 5.75 Å². The summed E-state index contributed by atoms with van der Waals surface area (Å²) in [6, 6.07) is 15.8. The van der Waals surface area contributed by atoms with Gasteiger partial charge in [-0.05, 0) is 35.4 Å². The molecule has 2 N–H and O–H groups in total. The Morgan fingerprint density at radius 1 is 0.941 bits per heavy atom. The Kier molecular flexibility index (Phi) is 3.82. The molecule has 0 radical (unpaired) electrons. The topological polar surface area (TPSA) is 35.2 Å². The highest BCUT2D eigenvalue weighted by atomic mass is 79.9. The molecule has 0 saturated heterocycles. The van der Waals surface area contributed by atoms with Crippen LogP contribution >= 0.6 is 15.9 Å². The van der Waals surface area contributed by atoms with Crippen molar-refractivity contribution in [2.45, 2.75) is 6.04 Å². The Balaban J connectivity index is 2.23. The van der Waals surface area contributed by atoms with Crippen LogP contribution < -0.4 is 10.5 Å². The second kappa shape index (κ2) is 5.34. The number of rotatable bonds is 3. The lowest BCUT2D eigenvalue weighted by Gasteiger charge is -2.13. The number of halogens is 1. The average molecular weight is 292 g/mol. The molecule has 0 amide bonds. The molecular weight excluding hydrogens is 278 g/mol. The first-order valence-electron chi connectivity index (χ1n) is 5.35. The Labute approximate surface area is 110 Å². The van der Waals surface area contributed by atoms with E-state index in [0.29, 0.717) is 0 Å². The molecule has 88 valence electrons. The standard InChI is InChI=1S/C14H14BrNO/c1-17-13-8-4-11(5-9-13)14(16)10-2-6-12(15)7-3-10/h2-9,14H,16H2,1H3. The van der Waals surface area contributed by atoms with E-state index in [-0.39, 0.29) is 6.04 Å². The molecule has 2 nitrogen and oxygen atoms in total. The summed E-state index contributed by atoms with van der Waals surface area (Å²) in [4.78, 5) is 0. The molecule has 0 aromatic heterocycles. The molecule has 0 saturated carbocycles. The van der Waals surface area contributed by atoms with Crippen LogP contribution in [0.5, 0.6) is 5.75 Å². The molecule has 2 rings (SSSR count). The molecule has 17 heavy (non-hydrogen) atoms. The molecular formula is C14H14BrNO. The molecule has 0 aliphatic rings. The number of benzene rings is 2. The molecule has 0 bridgehead atoms. The van der Waals surface area contributed by atoms with E-state index >= 15 is 0 Å². The largest absolute Gasteiger partial charge is 0.497 e. The number of hydrogen-bond acceptors (Lipinski definition) is 2. The van der Waals surface area contributed by atoms with Crippen LogP contribution in [0.3, 0.4) is 0 Å². The summed E-state index contributed by atoms with van der Waals surface area (Å²) in [6.45, 7) is 0. The summed E-state index contributed by atoms with van der Waals surface area (Å²) in [5, 5.41) is 0. The van der Waals surface area contributed by atoms with E-state index in [4.69, 9.17) is 10.5 Å². The van der Waals surface area contributed by atoms with Gasteiger partial charge in [-0.15, -0.1) is 0 Å². The van der Waals surface area contributed by atoms with Gasteiger partial charge in [0, 0.05) is 4.47 Å². The lowest BCUT2D eigenvalue weighted by atomic mass is 10.00. The van der Waals surface area contributed by atoms with E-state index in [0.717, 1.165) is 21.3 Å². The first-order valence-corrected chi connectivity index (χ1v) is 6.15. The molecule has 0 heterocycles. The van der Waals surface area contributed by atoms with Crippen LogP contribution in [0.15, 0.2) is 53.0 Å². The summed E-state index contributed by atoms with van der Waals surface area (Å²) in [6.07, 6.45) is 0. The van der Waals surface area contributed by atoms with Crippen LogP contribution in [0.25, 0.3) is 0 Å². The minimum atomic E-state index is -0.103. The highest BCUT2D eigenvalue weighted by Crippen LogP contribution is 2.23. The van der Waals surface area contributed by atoms with Crippen molar-refractivity contribution in [3.05, 3.63) is 64.1 Å². The molecule has 0 aliphatic carbocycles. The molecule has 1 unspecified atom stereocenters. The van der Waals surface area contributed by atoms with Gasteiger partial charge in [0.2, 0.25) is 0 Å². The first-order chi connectivity index (χ1) is 8.20. The monoisotopic (exact) mass is 291 g/mol. The lowest BCUT2D eigenvalue weighted by Crippen LogP contribution is -2.11. The highest BCUT2D eigenvalue weighted by molar-refractivity contribution is 9.10. The van der Waals surface area contributed by atoms with Gasteiger partial charge in [0.25, 0.3) is 0 Å². The van der Waals surface area contributed by atoms with Gasteiger partial charge in [0.1, 0.15) is 5.75 Å². The van der Waals surface area contributed by atoms with E-state index in [1.54, 1.807) is 7.11 Å². The van der Waals surface area contributed by atoms with Gasteiger partial charge in [-0.3, -0.25) is 0 Å². The summed E-state index contributed by atoms with van der Waals surface area (Å²) in [7, 11) is 1.66. The van der Waals surface area contributed by atoms with E-state index in [9.17, 15) is 0 Å². The van der Waals surface area contributed by atoms with E-state index in [1.807, 2.05) is 48.5 Å². The second-order valence-electron chi connectivity index (χ2n) is 3.80.